The first-order valence-electron chi connectivity index (χ1n) is 11.3. The van der Waals surface area contributed by atoms with Gasteiger partial charge in [-0.1, -0.05) is 61.7 Å². The molecular formula is C26H32N2O3. The highest BCUT2D eigenvalue weighted by molar-refractivity contribution is 5.92. The molecule has 0 bridgehead atoms. The molecule has 2 aliphatic rings. The quantitative estimate of drug-likeness (QED) is 0.767. The van der Waals surface area contributed by atoms with Gasteiger partial charge in [0.05, 0.1) is 11.5 Å². The molecular weight excluding hydrogens is 388 g/mol. The predicted molar refractivity (Wildman–Crippen MR) is 121 cm³/mol. The van der Waals surface area contributed by atoms with Gasteiger partial charge in [0.1, 0.15) is 5.75 Å². The van der Waals surface area contributed by atoms with Crippen LogP contribution in [0.15, 0.2) is 42.5 Å². The number of hydrogen-bond donors (Lipinski definition) is 2. The van der Waals surface area contributed by atoms with Gasteiger partial charge in [-0.25, -0.2) is 0 Å². The molecule has 2 aromatic rings. The van der Waals surface area contributed by atoms with E-state index in [1.54, 1.807) is 0 Å². The highest BCUT2D eigenvalue weighted by atomic mass is 16.3. The molecule has 1 aliphatic carbocycles. The number of phenols is 1. The van der Waals surface area contributed by atoms with Crippen LogP contribution < -0.4 is 5.73 Å². The zero-order valence-corrected chi connectivity index (χ0v) is 18.4. The van der Waals surface area contributed by atoms with E-state index >= 15 is 0 Å². The Morgan fingerprint density at radius 3 is 2.26 bits per heavy atom. The minimum absolute atomic E-state index is 0.0908. The molecule has 0 spiro atoms. The summed E-state index contributed by atoms with van der Waals surface area (Å²) < 4.78 is 0. The van der Waals surface area contributed by atoms with E-state index in [1.165, 1.54) is 6.42 Å². The zero-order chi connectivity index (χ0) is 22.2. The summed E-state index contributed by atoms with van der Waals surface area (Å²) in [5, 5.41) is 10.4. The number of piperidine rings is 1. The molecule has 2 fully saturated rings. The Morgan fingerprint density at radius 1 is 1.06 bits per heavy atom. The smallest absolute Gasteiger partial charge is 0.230 e. The minimum Gasteiger partial charge on any atom is -0.507 e. The van der Waals surface area contributed by atoms with Crippen molar-refractivity contribution in [1.82, 2.24) is 4.90 Å². The maximum absolute atomic E-state index is 13.4. The standard InChI is InChI=1S/C26H32N2O3/c1-17-15-19(16-18(2)23(17)30)24-26(25(27)31,20-9-5-3-6-10-20)14-13-22(29)28(24)21-11-7-4-8-12-21/h3,5-6,9-10,15-16,21,24,30H,4,7-8,11-14H2,1-2H3,(H2,27,31). The topological polar surface area (TPSA) is 83.6 Å². The molecule has 1 saturated carbocycles. The molecule has 1 saturated heterocycles. The van der Waals surface area contributed by atoms with Gasteiger partial charge >= 0.3 is 0 Å². The largest absolute Gasteiger partial charge is 0.507 e. The van der Waals surface area contributed by atoms with Gasteiger partial charge in [0.25, 0.3) is 0 Å². The van der Waals surface area contributed by atoms with Gasteiger partial charge in [0.2, 0.25) is 11.8 Å². The van der Waals surface area contributed by atoms with Crippen LogP contribution in [-0.4, -0.2) is 27.9 Å². The van der Waals surface area contributed by atoms with E-state index in [1.807, 2.05) is 61.2 Å². The highest BCUT2D eigenvalue weighted by Crippen LogP contribution is 2.51. The second-order valence-corrected chi connectivity index (χ2v) is 9.20. The molecule has 0 aromatic heterocycles. The first-order chi connectivity index (χ1) is 14.9. The number of hydrogen-bond acceptors (Lipinski definition) is 3. The summed E-state index contributed by atoms with van der Waals surface area (Å²) in [6, 6.07) is 13.1. The maximum atomic E-state index is 13.4. The molecule has 5 nitrogen and oxygen atoms in total. The second kappa shape index (κ2) is 8.37. The summed E-state index contributed by atoms with van der Waals surface area (Å²) in [5.74, 6) is -0.0621. The van der Waals surface area contributed by atoms with Crippen LogP contribution in [0.1, 0.15) is 73.2 Å². The molecule has 0 radical (unpaired) electrons. The van der Waals surface area contributed by atoms with Crippen LogP contribution in [0, 0.1) is 13.8 Å². The Balaban J connectivity index is 1.97. The molecule has 2 unspecified atom stereocenters. The van der Waals surface area contributed by atoms with E-state index in [4.69, 9.17) is 5.73 Å². The van der Waals surface area contributed by atoms with E-state index in [-0.39, 0.29) is 17.7 Å². The fourth-order valence-electron chi connectivity index (χ4n) is 5.76. The van der Waals surface area contributed by atoms with Crippen molar-refractivity contribution >= 4 is 11.8 Å². The number of nitrogens with two attached hydrogens (primary N) is 1. The number of aryl methyl sites for hydroxylation is 2. The Labute approximate surface area is 184 Å². The average Bonchev–Trinajstić information content (AvgIpc) is 2.78. The van der Waals surface area contributed by atoms with Gasteiger partial charge in [0.15, 0.2) is 0 Å². The van der Waals surface area contributed by atoms with Crippen molar-refractivity contribution in [1.29, 1.82) is 0 Å². The third-order valence-corrected chi connectivity index (χ3v) is 7.29. The van der Waals surface area contributed by atoms with Gasteiger partial charge in [0, 0.05) is 12.5 Å². The molecule has 3 N–H and O–H groups in total. The first-order valence-corrected chi connectivity index (χ1v) is 11.3. The normalized spacial score (nSPS) is 24.9. The molecule has 1 heterocycles. The Bertz CT molecular complexity index is 958. The van der Waals surface area contributed by atoms with Crippen LogP contribution in [0.25, 0.3) is 0 Å². The predicted octanol–water partition coefficient (Wildman–Crippen LogP) is 4.43. The van der Waals surface area contributed by atoms with Crippen LogP contribution in [0.2, 0.25) is 0 Å². The van der Waals surface area contributed by atoms with Gasteiger partial charge in [-0.2, -0.15) is 0 Å². The highest BCUT2D eigenvalue weighted by Gasteiger charge is 2.55. The lowest BCUT2D eigenvalue weighted by Gasteiger charge is -2.52. The molecule has 2 amide bonds. The van der Waals surface area contributed by atoms with Gasteiger partial charge in [-0.3, -0.25) is 9.59 Å². The van der Waals surface area contributed by atoms with Crippen molar-refractivity contribution < 1.29 is 14.7 Å². The zero-order valence-electron chi connectivity index (χ0n) is 18.4. The van der Waals surface area contributed by atoms with Crippen LogP contribution in [0.3, 0.4) is 0 Å². The summed E-state index contributed by atoms with van der Waals surface area (Å²) in [5.41, 5.74) is 8.37. The van der Waals surface area contributed by atoms with Crippen molar-refractivity contribution in [3.63, 3.8) is 0 Å². The van der Waals surface area contributed by atoms with Crippen LogP contribution >= 0.6 is 0 Å². The lowest BCUT2D eigenvalue weighted by molar-refractivity contribution is -0.149. The summed E-state index contributed by atoms with van der Waals surface area (Å²) in [7, 11) is 0. The van der Waals surface area contributed by atoms with E-state index < -0.39 is 17.4 Å². The lowest BCUT2D eigenvalue weighted by Crippen LogP contribution is -2.60. The third kappa shape index (κ3) is 3.60. The number of carbonyl (C=O) groups excluding carboxylic acids is 2. The van der Waals surface area contributed by atoms with Crippen molar-refractivity contribution in [3.8, 4) is 5.75 Å². The molecule has 2 aromatic carbocycles. The number of aromatic hydroxyl groups is 1. The molecule has 164 valence electrons. The van der Waals surface area contributed by atoms with E-state index in [0.29, 0.717) is 12.8 Å². The fraction of sp³-hybridized carbons (Fsp3) is 0.462. The Kier molecular flexibility index (Phi) is 5.78. The van der Waals surface area contributed by atoms with Crippen LogP contribution in [-0.2, 0) is 15.0 Å². The molecule has 31 heavy (non-hydrogen) atoms. The number of phenolic OH excluding ortho intramolecular Hbond substituents is 1. The first kappa shape index (κ1) is 21.4. The number of benzene rings is 2. The Hall–Kier alpha value is -2.82. The maximum Gasteiger partial charge on any atom is 0.230 e. The summed E-state index contributed by atoms with van der Waals surface area (Å²) >= 11 is 0. The van der Waals surface area contributed by atoms with E-state index in [9.17, 15) is 14.7 Å². The van der Waals surface area contributed by atoms with Crippen molar-refractivity contribution in [2.24, 2.45) is 5.73 Å². The molecule has 1 aliphatic heterocycles. The van der Waals surface area contributed by atoms with Crippen molar-refractivity contribution in [2.75, 3.05) is 0 Å². The number of likely N-dealkylation sites (tertiary alicyclic amines) is 1. The van der Waals surface area contributed by atoms with Gasteiger partial charge in [-0.15, -0.1) is 0 Å². The monoisotopic (exact) mass is 420 g/mol. The second-order valence-electron chi connectivity index (χ2n) is 9.20. The number of rotatable bonds is 4. The Morgan fingerprint density at radius 2 is 1.68 bits per heavy atom. The summed E-state index contributed by atoms with van der Waals surface area (Å²) in [6.07, 6.45) is 5.94. The van der Waals surface area contributed by atoms with Gasteiger partial charge in [-0.05, 0) is 55.4 Å². The molecule has 5 heteroatoms. The number of primary amides is 1. The molecule has 4 rings (SSSR count). The van der Waals surface area contributed by atoms with E-state index in [0.717, 1.165) is 47.9 Å². The van der Waals surface area contributed by atoms with Crippen molar-refractivity contribution in [3.05, 3.63) is 64.7 Å². The van der Waals surface area contributed by atoms with Crippen molar-refractivity contribution in [2.45, 2.75) is 76.3 Å². The summed E-state index contributed by atoms with van der Waals surface area (Å²) in [4.78, 5) is 28.6. The third-order valence-electron chi connectivity index (χ3n) is 7.29. The fourth-order valence-corrected chi connectivity index (χ4v) is 5.76. The summed E-state index contributed by atoms with van der Waals surface area (Å²) in [6.45, 7) is 3.71. The lowest BCUT2D eigenvalue weighted by atomic mass is 9.64. The van der Waals surface area contributed by atoms with Gasteiger partial charge < -0.3 is 15.7 Å². The average molecular weight is 421 g/mol. The van der Waals surface area contributed by atoms with Crippen LogP contribution in [0.5, 0.6) is 5.75 Å². The molecule has 2 atom stereocenters. The van der Waals surface area contributed by atoms with Crippen LogP contribution in [0.4, 0.5) is 0 Å². The minimum atomic E-state index is -1.01. The number of nitrogens with zero attached hydrogens (tertiary/aromatic N) is 1. The SMILES string of the molecule is Cc1cc(C2N(C3CCCCC3)C(=O)CCC2(C(N)=O)c2ccccc2)cc(C)c1O. The number of carbonyl (C=O) groups is 2. The number of amides is 2. The van der Waals surface area contributed by atoms with E-state index in [2.05, 4.69) is 0 Å².